The zero-order valence-corrected chi connectivity index (χ0v) is 6.86. The molecule has 0 aromatic heterocycles. The lowest BCUT2D eigenvalue weighted by molar-refractivity contribution is -0.185. The van der Waals surface area contributed by atoms with Crippen LogP contribution in [0.15, 0.2) is 0 Å². The van der Waals surface area contributed by atoms with Crippen LogP contribution in [0.5, 0.6) is 0 Å². The Labute approximate surface area is 73.4 Å². The highest BCUT2D eigenvalue weighted by molar-refractivity contribution is 4.89. The van der Waals surface area contributed by atoms with Crippen molar-refractivity contribution in [3.8, 4) is 0 Å². The summed E-state index contributed by atoms with van der Waals surface area (Å²) < 4.78 is 37.1. The summed E-state index contributed by atoms with van der Waals surface area (Å²) in [6.45, 7) is 1.56. The minimum atomic E-state index is -4.21. The maximum absolute atomic E-state index is 12.4. The zero-order chi connectivity index (χ0) is 9.47. The molecule has 7 heteroatoms. The third-order valence-corrected chi connectivity index (χ3v) is 2.31. The van der Waals surface area contributed by atoms with E-state index in [-0.39, 0.29) is 6.17 Å². The van der Waals surface area contributed by atoms with Gasteiger partial charge in [-0.1, -0.05) is 0 Å². The first-order chi connectivity index (χ1) is 6.09. The van der Waals surface area contributed by atoms with Gasteiger partial charge in [-0.3, -0.25) is 4.90 Å². The molecule has 2 aliphatic heterocycles. The fraction of sp³-hybridized carbons (Fsp3) is 1.00. The van der Waals surface area contributed by atoms with E-state index in [0.717, 1.165) is 0 Å². The Bertz CT molecular complexity index is 195. The van der Waals surface area contributed by atoms with Gasteiger partial charge in [0.25, 0.3) is 0 Å². The molecule has 0 aromatic carbocycles. The average Bonchev–Trinajstić information content (AvgIpc) is 2.45. The van der Waals surface area contributed by atoms with Crippen molar-refractivity contribution < 1.29 is 13.2 Å². The van der Waals surface area contributed by atoms with Crippen LogP contribution < -0.4 is 16.2 Å². The lowest BCUT2D eigenvalue weighted by Gasteiger charge is -2.32. The number of fused-ring (bicyclic) bond motifs is 1. The van der Waals surface area contributed by atoms with E-state index in [1.54, 1.807) is 0 Å². The molecule has 2 atom stereocenters. The first-order valence-corrected chi connectivity index (χ1v) is 4.13. The minimum absolute atomic E-state index is 0.250. The van der Waals surface area contributed by atoms with Crippen LogP contribution in [-0.4, -0.2) is 43.0 Å². The number of hydrogen-bond acceptors (Lipinski definition) is 4. The molecule has 4 nitrogen and oxygen atoms in total. The van der Waals surface area contributed by atoms with E-state index in [4.69, 9.17) is 0 Å². The van der Waals surface area contributed by atoms with Crippen LogP contribution in [0.1, 0.15) is 0 Å². The zero-order valence-electron chi connectivity index (χ0n) is 6.86. The van der Waals surface area contributed by atoms with Crippen molar-refractivity contribution >= 4 is 0 Å². The van der Waals surface area contributed by atoms with Gasteiger partial charge in [0.1, 0.15) is 0 Å². The van der Waals surface area contributed by atoms with Crippen molar-refractivity contribution in [2.45, 2.75) is 18.5 Å². The molecule has 3 N–H and O–H groups in total. The second-order valence-electron chi connectivity index (χ2n) is 3.19. The van der Waals surface area contributed by atoms with Crippen LogP contribution in [0.3, 0.4) is 0 Å². The third-order valence-electron chi connectivity index (χ3n) is 2.31. The number of halogens is 3. The Morgan fingerprint density at radius 1 is 1.23 bits per heavy atom. The topological polar surface area (TPSA) is 39.3 Å². The second-order valence-corrected chi connectivity index (χ2v) is 3.19. The normalized spacial score (nSPS) is 36.2. The van der Waals surface area contributed by atoms with Gasteiger partial charge in [0, 0.05) is 19.6 Å². The maximum Gasteiger partial charge on any atom is 0.418 e. The smallest absolute Gasteiger partial charge is 0.313 e. The van der Waals surface area contributed by atoms with Crippen LogP contribution in [-0.2, 0) is 0 Å². The number of nitrogens with zero attached hydrogens (tertiary/aromatic N) is 1. The Hall–Kier alpha value is -0.370. The van der Waals surface area contributed by atoms with E-state index in [1.807, 2.05) is 0 Å². The highest BCUT2D eigenvalue weighted by Gasteiger charge is 2.50. The van der Waals surface area contributed by atoms with Crippen molar-refractivity contribution in [3.63, 3.8) is 0 Å². The molecular formula is C6H11F3N4. The molecule has 76 valence electrons. The summed E-state index contributed by atoms with van der Waals surface area (Å²) in [7, 11) is 0. The SMILES string of the molecule is FC(F)(F)C1NNC2CNCCN21. The Kier molecular flexibility index (Phi) is 2.18. The van der Waals surface area contributed by atoms with Gasteiger partial charge in [-0.15, -0.1) is 0 Å². The molecule has 2 fully saturated rings. The largest absolute Gasteiger partial charge is 0.418 e. The fourth-order valence-corrected chi connectivity index (χ4v) is 1.69. The standard InChI is InChI=1S/C6H11F3N4/c7-6(8,9)5-12-11-4-3-10-1-2-13(4)5/h4-5,10-12H,1-3H2. The van der Waals surface area contributed by atoms with Gasteiger partial charge in [0.15, 0.2) is 6.17 Å². The van der Waals surface area contributed by atoms with Gasteiger partial charge >= 0.3 is 6.18 Å². The van der Waals surface area contributed by atoms with Gasteiger partial charge in [0.05, 0.1) is 6.17 Å². The van der Waals surface area contributed by atoms with Crippen LogP contribution in [0.4, 0.5) is 13.2 Å². The first kappa shape index (κ1) is 9.20. The lowest BCUT2D eigenvalue weighted by Crippen LogP contribution is -2.56. The summed E-state index contributed by atoms with van der Waals surface area (Å²) in [6.07, 6.45) is -6.00. The molecule has 2 unspecified atom stereocenters. The van der Waals surface area contributed by atoms with E-state index in [9.17, 15) is 13.2 Å². The molecule has 13 heavy (non-hydrogen) atoms. The third kappa shape index (κ3) is 1.64. The lowest BCUT2D eigenvalue weighted by atomic mass is 10.3. The predicted octanol–water partition coefficient (Wildman–Crippen LogP) is -0.786. The van der Waals surface area contributed by atoms with Crippen molar-refractivity contribution in [2.24, 2.45) is 0 Å². The van der Waals surface area contributed by atoms with E-state index < -0.39 is 12.3 Å². The van der Waals surface area contributed by atoms with E-state index in [2.05, 4.69) is 16.2 Å². The average molecular weight is 196 g/mol. The quantitative estimate of drug-likeness (QED) is 0.475. The Morgan fingerprint density at radius 2 is 2.00 bits per heavy atom. The van der Waals surface area contributed by atoms with Crippen LogP contribution in [0, 0.1) is 0 Å². The monoisotopic (exact) mass is 196 g/mol. The summed E-state index contributed by atoms with van der Waals surface area (Å²) >= 11 is 0. The van der Waals surface area contributed by atoms with Crippen molar-refractivity contribution in [1.29, 1.82) is 0 Å². The predicted molar refractivity (Wildman–Crippen MR) is 39.5 cm³/mol. The van der Waals surface area contributed by atoms with Crippen molar-refractivity contribution in [3.05, 3.63) is 0 Å². The molecule has 0 aromatic rings. The summed E-state index contributed by atoms with van der Waals surface area (Å²) in [4.78, 5) is 1.39. The molecule has 0 radical (unpaired) electrons. The maximum atomic E-state index is 12.4. The molecule has 0 spiro atoms. The van der Waals surface area contributed by atoms with Gasteiger partial charge in [-0.2, -0.15) is 13.2 Å². The summed E-state index contributed by atoms with van der Waals surface area (Å²) in [5, 5.41) is 3.02. The number of nitrogens with one attached hydrogen (secondary N) is 3. The molecular weight excluding hydrogens is 185 g/mol. The molecule has 2 aliphatic rings. The minimum Gasteiger partial charge on any atom is -0.313 e. The molecule has 2 rings (SSSR count). The summed E-state index contributed by atoms with van der Waals surface area (Å²) in [5.41, 5.74) is 4.86. The summed E-state index contributed by atoms with van der Waals surface area (Å²) in [6, 6.07) is 0. The van der Waals surface area contributed by atoms with Gasteiger partial charge in [-0.25, -0.2) is 10.9 Å². The molecule has 2 saturated heterocycles. The number of alkyl halides is 3. The molecule has 2 heterocycles. The van der Waals surface area contributed by atoms with Gasteiger partial charge in [0.2, 0.25) is 0 Å². The van der Waals surface area contributed by atoms with E-state index in [1.165, 1.54) is 4.90 Å². The van der Waals surface area contributed by atoms with Crippen LogP contribution >= 0.6 is 0 Å². The van der Waals surface area contributed by atoms with Crippen LogP contribution in [0.25, 0.3) is 0 Å². The van der Waals surface area contributed by atoms with Crippen LogP contribution in [0.2, 0.25) is 0 Å². The number of rotatable bonds is 0. The Morgan fingerprint density at radius 3 is 2.69 bits per heavy atom. The number of hydrogen-bond donors (Lipinski definition) is 3. The first-order valence-electron chi connectivity index (χ1n) is 4.13. The molecule has 0 bridgehead atoms. The van der Waals surface area contributed by atoms with E-state index >= 15 is 0 Å². The number of hydrazine groups is 1. The summed E-state index contributed by atoms with van der Waals surface area (Å²) in [5.74, 6) is 0. The highest BCUT2D eigenvalue weighted by atomic mass is 19.4. The van der Waals surface area contributed by atoms with Gasteiger partial charge < -0.3 is 5.32 Å². The molecule has 0 amide bonds. The second kappa shape index (κ2) is 3.09. The van der Waals surface area contributed by atoms with Crippen molar-refractivity contribution in [2.75, 3.05) is 19.6 Å². The van der Waals surface area contributed by atoms with E-state index in [0.29, 0.717) is 19.6 Å². The van der Waals surface area contributed by atoms with Gasteiger partial charge in [-0.05, 0) is 0 Å². The highest BCUT2D eigenvalue weighted by Crippen LogP contribution is 2.26. The van der Waals surface area contributed by atoms with Crippen molar-refractivity contribution in [1.82, 2.24) is 21.1 Å². The molecule has 0 aliphatic carbocycles. The fourth-order valence-electron chi connectivity index (χ4n) is 1.69. The molecule has 0 saturated carbocycles. The number of piperazine rings is 1. The Balaban J connectivity index is 2.07.